The minimum absolute atomic E-state index is 0.535. The minimum Gasteiger partial charge on any atom is -0.382 e. The van der Waals surface area contributed by atoms with Crippen LogP contribution in [0.2, 0.25) is 0 Å². The molecule has 0 bridgehead atoms. The maximum absolute atomic E-state index is 6.10. The first-order valence-corrected chi connectivity index (χ1v) is 7.82. The molecule has 0 aliphatic rings. The van der Waals surface area contributed by atoms with Crippen LogP contribution in [-0.4, -0.2) is 10.2 Å². The normalized spacial score (nSPS) is 10.8. The average Bonchev–Trinajstić information content (AvgIpc) is 2.83. The maximum atomic E-state index is 6.10. The van der Waals surface area contributed by atoms with Gasteiger partial charge in [-0.15, -0.1) is 0 Å². The molecule has 0 saturated heterocycles. The number of aryl methyl sites for hydroxylation is 2. The zero-order valence-electron chi connectivity index (χ0n) is 11.9. The van der Waals surface area contributed by atoms with E-state index in [1.807, 2.05) is 6.07 Å². The van der Waals surface area contributed by atoms with Gasteiger partial charge in [-0.3, -0.25) is 5.10 Å². The molecule has 0 amide bonds. The first-order valence-electron chi connectivity index (χ1n) is 6.74. The third-order valence-corrected chi connectivity index (χ3v) is 4.99. The van der Waals surface area contributed by atoms with E-state index in [2.05, 4.69) is 83.0 Å². The van der Waals surface area contributed by atoms with Crippen LogP contribution in [0, 0.1) is 17.4 Å². The van der Waals surface area contributed by atoms with E-state index in [1.165, 1.54) is 14.7 Å². The smallest absolute Gasteiger partial charge is 0.153 e. The molecule has 3 N–H and O–H groups in total. The quantitative estimate of drug-likeness (QED) is 0.632. The predicted molar refractivity (Wildman–Crippen MR) is 96.1 cm³/mol. The van der Waals surface area contributed by atoms with Crippen molar-refractivity contribution >= 4 is 28.4 Å². The number of nitrogens with zero attached hydrogens (tertiary/aromatic N) is 1. The first-order chi connectivity index (χ1) is 10.1. The molecule has 0 fully saturated rings. The van der Waals surface area contributed by atoms with E-state index in [-0.39, 0.29) is 0 Å². The molecule has 106 valence electrons. The van der Waals surface area contributed by atoms with E-state index in [1.54, 1.807) is 0 Å². The van der Waals surface area contributed by atoms with Crippen LogP contribution in [0.15, 0.2) is 42.5 Å². The molecule has 0 spiro atoms. The Morgan fingerprint density at radius 2 is 1.86 bits per heavy atom. The molecule has 0 atom stereocenters. The minimum atomic E-state index is 0.535. The zero-order chi connectivity index (χ0) is 15.0. The van der Waals surface area contributed by atoms with Gasteiger partial charge < -0.3 is 5.73 Å². The fraction of sp³-hybridized carbons (Fsp3) is 0.118. The van der Waals surface area contributed by atoms with E-state index in [0.717, 1.165) is 22.4 Å². The fourth-order valence-electron chi connectivity index (χ4n) is 2.48. The summed E-state index contributed by atoms with van der Waals surface area (Å²) in [5.74, 6) is 0.535. The molecule has 0 aliphatic carbocycles. The molecule has 21 heavy (non-hydrogen) atoms. The third kappa shape index (κ3) is 2.55. The lowest BCUT2D eigenvalue weighted by Gasteiger charge is -2.09. The summed E-state index contributed by atoms with van der Waals surface area (Å²) in [7, 11) is 0. The Morgan fingerprint density at radius 3 is 2.62 bits per heavy atom. The van der Waals surface area contributed by atoms with E-state index >= 15 is 0 Å². The molecule has 3 nitrogen and oxygen atoms in total. The number of rotatable bonds is 2. The van der Waals surface area contributed by atoms with Crippen LogP contribution in [0.3, 0.4) is 0 Å². The molecule has 3 aromatic rings. The number of nitrogens with one attached hydrogen (secondary N) is 1. The number of H-pyrrole nitrogens is 1. The van der Waals surface area contributed by atoms with Crippen LogP contribution in [0.4, 0.5) is 5.82 Å². The van der Waals surface area contributed by atoms with Crippen LogP contribution < -0.4 is 5.73 Å². The maximum Gasteiger partial charge on any atom is 0.153 e. The van der Waals surface area contributed by atoms with Crippen molar-refractivity contribution in [3.05, 3.63) is 57.2 Å². The van der Waals surface area contributed by atoms with Crippen molar-refractivity contribution in [3.63, 3.8) is 0 Å². The highest BCUT2D eigenvalue weighted by Crippen LogP contribution is 2.37. The Bertz CT molecular complexity index is 806. The second kappa shape index (κ2) is 5.52. The zero-order valence-corrected chi connectivity index (χ0v) is 14.1. The van der Waals surface area contributed by atoms with Gasteiger partial charge in [0.2, 0.25) is 0 Å². The molecule has 1 heterocycles. The summed E-state index contributed by atoms with van der Waals surface area (Å²) in [6.07, 6.45) is 0. The molecular formula is C17H16IN3. The Morgan fingerprint density at radius 1 is 1.10 bits per heavy atom. The van der Waals surface area contributed by atoms with Crippen molar-refractivity contribution in [1.29, 1.82) is 0 Å². The van der Waals surface area contributed by atoms with Gasteiger partial charge in [-0.2, -0.15) is 5.10 Å². The molecule has 4 heteroatoms. The number of aromatic amines is 1. The number of benzene rings is 2. The molecule has 0 unspecified atom stereocenters. The van der Waals surface area contributed by atoms with Crippen molar-refractivity contribution in [3.8, 4) is 22.4 Å². The van der Waals surface area contributed by atoms with Crippen molar-refractivity contribution < 1.29 is 0 Å². The number of hydrogen-bond donors (Lipinski definition) is 2. The van der Waals surface area contributed by atoms with Crippen LogP contribution in [0.25, 0.3) is 22.4 Å². The molecule has 2 aromatic carbocycles. The number of nitrogens with two attached hydrogens (primary N) is 1. The Labute approximate surface area is 137 Å². The molecule has 0 saturated carbocycles. The monoisotopic (exact) mass is 389 g/mol. The van der Waals surface area contributed by atoms with Crippen molar-refractivity contribution in [2.75, 3.05) is 5.73 Å². The van der Waals surface area contributed by atoms with Gasteiger partial charge in [0.15, 0.2) is 5.82 Å². The molecule has 3 rings (SSSR count). The average molecular weight is 389 g/mol. The van der Waals surface area contributed by atoms with Gasteiger partial charge >= 0.3 is 0 Å². The molecule has 1 aromatic heterocycles. The predicted octanol–water partition coefficient (Wildman–Crippen LogP) is 4.55. The number of nitrogen functional groups attached to an aromatic ring is 1. The number of aromatic nitrogens is 2. The second-order valence-corrected chi connectivity index (χ2v) is 6.24. The highest BCUT2D eigenvalue weighted by atomic mass is 127. The molecule has 0 aliphatic heterocycles. The summed E-state index contributed by atoms with van der Waals surface area (Å²) < 4.78 is 1.22. The number of anilines is 1. The lowest BCUT2D eigenvalue weighted by Crippen LogP contribution is -1.91. The lowest BCUT2D eigenvalue weighted by molar-refractivity contribution is 1.10. The van der Waals surface area contributed by atoms with E-state index in [9.17, 15) is 0 Å². The van der Waals surface area contributed by atoms with Crippen molar-refractivity contribution in [1.82, 2.24) is 10.2 Å². The summed E-state index contributed by atoms with van der Waals surface area (Å²) in [6, 6.07) is 14.6. The summed E-state index contributed by atoms with van der Waals surface area (Å²) in [4.78, 5) is 0. The van der Waals surface area contributed by atoms with Gasteiger partial charge in [-0.25, -0.2) is 0 Å². The molecular weight excluding hydrogens is 373 g/mol. The van der Waals surface area contributed by atoms with Gasteiger partial charge in [-0.05, 0) is 47.6 Å². The van der Waals surface area contributed by atoms with Gasteiger partial charge in [-0.1, -0.05) is 48.0 Å². The van der Waals surface area contributed by atoms with E-state index in [0.29, 0.717) is 5.82 Å². The van der Waals surface area contributed by atoms with Gasteiger partial charge in [0.25, 0.3) is 0 Å². The lowest BCUT2D eigenvalue weighted by atomic mass is 9.99. The van der Waals surface area contributed by atoms with E-state index in [4.69, 9.17) is 5.73 Å². The molecule has 0 radical (unpaired) electrons. The van der Waals surface area contributed by atoms with Crippen LogP contribution in [0.1, 0.15) is 11.1 Å². The summed E-state index contributed by atoms with van der Waals surface area (Å²) in [5, 5.41) is 7.32. The Kier molecular flexibility index (Phi) is 3.71. The van der Waals surface area contributed by atoms with Gasteiger partial charge in [0.05, 0.1) is 11.3 Å². The van der Waals surface area contributed by atoms with Crippen LogP contribution in [-0.2, 0) is 0 Å². The largest absolute Gasteiger partial charge is 0.382 e. The SMILES string of the molecule is Cc1cccc(-c2c(N)n[nH]c2-c2cccc(C)c2I)c1. The van der Waals surface area contributed by atoms with Crippen molar-refractivity contribution in [2.24, 2.45) is 0 Å². The van der Waals surface area contributed by atoms with Crippen molar-refractivity contribution in [2.45, 2.75) is 13.8 Å². The number of halogens is 1. The summed E-state index contributed by atoms with van der Waals surface area (Å²) in [6.45, 7) is 4.19. The second-order valence-electron chi connectivity index (χ2n) is 5.16. The van der Waals surface area contributed by atoms with Gasteiger partial charge in [0.1, 0.15) is 0 Å². The highest BCUT2D eigenvalue weighted by Gasteiger charge is 2.17. The van der Waals surface area contributed by atoms with E-state index < -0.39 is 0 Å². The topological polar surface area (TPSA) is 54.7 Å². The fourth-order valence-corrected chi connectivity index (χ4v) is 3.11. The first kappa shape index (κ1) is 14.1. The Balaban J connectivity index is 2.24. The summed E-state index contributed by atoms with van der Waals surface area (Å²) >= 11 is 2.37. The van der Waals surface area contributed by atoms with Gasteiger partial charge in [0, 0.05) is 9.13 Å². The van der Waals surface area contributed by atoms with Crippen LogP contribution >= 0.6 is 22.6 Å². The number of hydrogen-bond acceptors (Lipinski definition) is 2. The highest BCUT2D eigenvalue weighted by molar-refractivity contribution is 14.1. The summed E-state index contributed by atoms with van der Waals surface area (Å²) in [5.41, 5.74) is 12.7. The van der Waals surface area contributed by atoms with Crippen LogP contribution in [0.5, 0.6) is 0 Å². The standard InChI is InChI=1S/C17H16IN3/c1-10-5-3-7-12(9-10)14-16(20-21-17(14)19)13-8-4-6-11(2)15(13)18/h3-9H,1-2H3,(H3,19,20,21). The third-order valence-electron chi connectivity index (χ3n) is 3.56. The Hall–Kier alpha value is -1.82.